The van der Waals surface area contributed by atoms with Crippen molar-refractivity contribution in [2.24, 2.45) is 0 Å². The molecular formula is C24H25ClN2O6. The lowest BCUT2D eigenvalue weighted by Crippen LogP contribution is -2.42. The van der Waals surface area contributed by atoms with Gasteiger partial charge in [-0.1, -0.05) is 23.7 Å². The predicted molar refractivity (Wildman–Crippen MR) is 122 cm³/mol. The first-order valence-electron chi connectivity index (χ1n) is 10.6. The smallest absolute Gasteiger partial charge is 0.295 e. The highest BCUT2D eigenvalue weighted by Crippen LogP contribution is 2.41. The molecule has 2 saturated heterocycles. The van der Waals surface area contributed by atoms with Crippen LogP contribution in [0.4, 0.5) is 0 Å². The summed E-state index contributed by atoms with van der Waals surface area (Å²) in [4.78, 5) is 29.8. The molecule has 2 N–H and O–H groups in total. The molecule has 2 aromatic rings. The summed E-state index contributed by atoms with van der Waals surface area (Å²) in [5.74, 6) is -1.81. The van der Waals surface area contributed by atoms with E-state index in [-0.39, 0.29) is 16.9 Å². The number of aliphatic hydroxyl groups excluding tert-OH is 1. The van der Waals surface area contributed by atoms with Crippen LogP contribution in [0, 0.1) is 0 Å². The number of methoxy groups -OCH3 is 1. The summed E-state index contributed by atoms with van der Waals surface area (Å²) in [6.45, 7) is 3.59. The normalized spacial score (nSPS) is 20.9. The summed E-state index contributed by atoms with van der Waals surface area (Å²) in [6.07, 6.45) is 0. The summed E-state index contributed by atoms with van der Waals surface area (Å²) < 4.78 is 10.5. The van der Waals surface area contributed by atoms with Crippen molar-refractivity contribution in [1.82, 2.24) is 9.80 Å². The molecule has 2 aliphatic rings. The lowest BCUT2D eigenvalue weighted by molar-refractivity contribution is -0.140. The van der Waals surface area contributed by atoms with Crippen molar-refractivity contribution in [2.45, 2.75) is 6.04 Å². The number of likely N-dealkylation sites (tertiary alicyclic amines) is 1. The van der Waals surface area contributed by atoms with Gasteiger partial charge in [0.2, 0.25) is 0 Å². The molecule has 0 aliphatic carbocycles. The number of Topliss-reactive ketones (excluding diaryl/α,β-unsaturated/α-hetero) is 1. The molecule has 174 valence electrons. The molecule has 0 radical (unpaired) electrons. The maximum atomic E-state index is 13.1. The zero-order valence-electron chi connectivity index (χ0n) is 18.2. The number of amides is 1. The zero-order chi connectivity index (χ0) is 23.5. The standard InChI is InChI=1S/C24H25ClN2O6/c1-32-17-6-7-18(19(28)14-17)22(29)20-21(15-2-4-16(25)5-3-15)27(24(31)23(20)30)9-8-26-10-12-33-13-11-26/h2-7,14,21,28-29H,8-13H2,1H3. The summed E-state index contributed by atoms with van der Waals surface area (Å²) >= 11 is 6.05. The first kappa shape index (κ1) is 23.1. The van der Waals surface area contributed by atoms with Gasteiger partial charge in [-0.2, -0.15) is 0 Å². The van der Waals surface area contributed by atoms with Gasteiger partial charge in [-0.25, -0.2) is 0 Å². The zero-order valence-corrected chi connectivity index (χ0v) is 18.9. The van der Waals surface area contributed by atoms with Gasteiger partial charge in [-0.05, 0) is 29.8 Å². The van der Waals surface area contributed by atoms with Crippen molar-refractivity contribution in [2.75, 3.05) is 46.5 Å². The fourth-order valence-corrected chi connectivity index (χ4v) is 4.29. The molecular weight excluding hydrogens is 448 g/mol. The fourth-order valence-electron chi connectivity index (χ4n) is 4.16. The number of carbonyl (C=O) groups is 2. The number of benzene rings is 2. The Morgan fingerprint density at radius 2 is 1.82 bits per heavy atom. The fraction of sp³-hybridized carbons (Fsp3) is 0.333. The van der Waals surface area contributed by atoms with Crippen molar-refractivity contribution in [1.29, 1.82) is 0 Å². The van der Waals surface area contributed by atoms with E-state index in [2.05, 4.69) is 4.90 Å². The number of phenols is 1. The number of halogens is 1. The third-order valence-electron chi connectivity index (χ3n) is 5.95. The quantitative estimate of drug-likeness (QED) is 0.379. The van der Waals surface area contributed by atoms with Crippen LogP contribution in [0.3, 0.4) is 0 Å². The molecule has 9 heteroatoms. The van der Waals surface area contributed by atoms with Crippen LogP contribution in [0.15, 0.2) is 48.0 Å². The van der Waals surface area contributed by atoms with Gasteiger partial charge in [0.1, 0.15) is 17.3 Å². The second kappa shape index (κ2) is 9.82. The SMILES string of the molecule is COc1ccc(C(O)=C2C(=O)C(=O)N(CCN3CCOCC3)C2c2ccc(Cl)cc2)c(O)c1. The molecule has 8 nitrogen and oxygen atoms in total. The first-order valence-corrected chi connectivity index (χ1v) is 11.0. The van der Waals surface area contributed by atoms with Crippen LogP contribution in [0.1, 0.15) is 17.2 Å². The number of nitrogens with zero attached hydrogens (tertiary/aromatic N) is 2. The summed E-state index contributed by atoms with van der Waals surface area (Å²) in [5, 5.41) is 22.0. The Morgan fingerprint density at radius 3 is 2.45 bits per heavy atom. The molecule has 0 aromatic heterocycles. The Kier molecular flexibility index (Phi) is 6.88. The topological polar surface area (TPSA) is 99.5 Å². The number of ketones is 1. The van der Waals surface area contributed by atoms with Crippen LogP contribution in [0.25, 0.3) is 5.76 Å². The molecule has 2 aromatic carbocycles. The molecule has 1 amide bonds. The van der Waals surface area contributed by atoms with E-state index in [9.17, 15) is 19.8 Å². The minimum Gasteiger partial charge on any atom is -0.507 e. The van der Waals surface area contributed by atoms with Crippen LogP contribution >= 0.6 is 11.6 Å². The Hall–Kier alpha value is -3.07. The number of morpholine rings is 1. The van der Waals surface area contributed by atoms with Crippen molar-refractivity contribution in [3.63, 3.8) is 0 Å². The van der Waals surface area contributed by atoms with Crippen LogP contribution in [0.5, 0.6) is 11.5 Å². The third kappa shape index (κ3) is 4.68. The van der Waals surface area contributed by atoms with Crippen LogP contribution in [-0.2, 0) is 14.3 Å². The van der Waals surface area contributed by atoms with E-state index < -0.39 is 23.5 Å². The summed E-state index contributed by atoms with van der Waals surface area (Å²) in [5.41, 5.74) is 0.598. The second-order valence-corrected chi connectivity index (χ2v) is 8.32. The van der Waals surface area contributed by atoms with Gasteiger partial charge >= 0.3 is 0 Å². The van der Waals surface area contributed by atoms with Crippen LogP contribution in [-0.4, -0.2) is 78.2 Å². The number of ether oxygens (including phenoxy) is 2. The minimum atomic E-state index is -0.815. The van der Waals surface area contributed by atoms with E-state index in [1.807, 2.05) is 0 Å². The molecule has 2 heterocycles. The van der Waals surface area contributed by atoms with E-state index in [0.29, 0.717) is 42.6 Å². The van der Waals surface area contributed by atoms with E-state index in [0.717, 1.165) is 13.1 Å². The molecule has 2 aliphatic heterocycles. The number of phenolic OH excluding ortho intramolecular Hbond substituents is 1. The summed E-state index contributed by atoms with van der Waals surface area (Å²) in [7, 11) is 1.45. The maximum absolute atomic E-state index is 13.1. The van der Waals surface area contributed by atoms with Crippen molar-refractivity contribution in [3.05, 3.63) is 64.2 Å². The van der Waals surface area contributed by atoms with Crippen molar-refractivity contribution >= 4 is 29.1 Å². The van der Waals surface area contributed by atoms with E-state index >= 15 is 0 Å². The Balaban J connectivity index is 1.75. The largest absolute Gasteiger partial charge is 0.507 e. The molecule has 0 bridgehead atoms. The van der Waals surface area contributed by atoms with Gasteiger partial charge in [0.05, 0.1) is 37.5 Å². The predicted octanol–water partition coefficient (Wildman–Crippen LogP) is 2.81. The van der Waals surface area contributed by atoms with Crippen molar-refractivity contribution < 1.29 is 29.3 Å². The Morgan fingerprint density at radius 1 is 1.12 bits per heavy atom. The molecule has 2 fully saturated rings. The van der Waals surface area contributed by atoms with E-state index in [1.165, 1.54) is 24.1 Å². The van der Waals surface area contributed by atoms with Gasteiger partial charge < -0.3 is 24.6 Å². The van der Waals surface area contributed by atoms with E-state index in [1.54, 1.807) is 30.3 Å². The molecule has 33 heavy (non-hydrogen) atoms. The first-order chi connectivity index (χ1) is 15.9. The molecule has 0 saturated carbocycles. The number of aromatic hydroxyl groups is 1. The molecule has 4 rings (SSSR count). The average molecular weight is 473 g/mol. The number of aliphatic hydroxyl groups is 1. The van der Waals surface area contributed by atoms with Gasteiger partial charge in [-0.15, -0.1) is 0 Å². The third-order valence-corrected chi connectivity index (χ3v) is 6.20. The van der Waals surface area contributed by atoms with Crippen LogP contribution in [0.2, 0.25) is 5.02 Å². The van der Waals surface area contributed by atoms with Crippen molar-refractivity contribution in [3.8, 4) is 11.5 Å². The van der Waals surface area contributed by atoms with Gasteiger partial charge in [0.15, 0.2) is 0 Å². The number of carbonyl (C=O) groups excluding carboxylic acids is 2. The highest BCUT2D eigenvalue weighted by Gasteiger charge is 2.46. The average Bonchev–Trinajstić information content (AvgIpc) is 3.08. The number of hydrogen-bond acceptors (Lipinski definition) is 7. The second-order valence-electron chi connectivity index (χ2n) is 7.88. The molecule has 1 atom stereocenters. The van der Waals surface area contributed by atoms with Gasteiger partial charge in [0.25, 0.3) is 11.7 Å². The lowest BCUT2D eigenvalue weighted by Gasteiger charge is -2.31. The van der Waals surface area contributed by atoms with Gasteiger partial charge in [0, 0.05) is 37.3 Å². The lowest BCUT2D eigenvalue weighted by atomic mass is 9.95. The highest BCUT2D eigenvalue weighted by molar-refractivity contribution is 6.46. The highest BCUT2D eigenvalue weighted by atomic mass is 35.5. The maximum Gasteiger partial charge on any atom is 0.295 e. The number of rotatable bonds is 6. The Bertz CT molecular complexity index is 1080. The van der Waals surface area contributed by atoms with Crippen LogP contribution < -0.4 is 4.74 Å². The van der Waals surface area contributed by atoms with E-state index in [4.69, 9.17) is 21.1 Å². The minimum absolute atomic E-state index is 0.0425. The Labute approximate surface area is 196 Å². The molecule has 1 unspecified atom stereocenters. The molecule has 0 spiro atoms. The monoisotopic (exact) mass is 472 g/mol. The van der Waals surface area contributed by atoms with Gasteiger partial charge in [-0.3, -0.25) is 14.5 Å². The summed E-state index contributed by atoms with van der Waals surface area (Å²) in [6, 6.07) is 10.3. The number of hydrogen-bond donors (Lipinski definition) is 2.